The van der Waals surface area contributed by atoms with E-state index in [1.54, 1.807) is 17.6 Å². The Hall–Kier alpha value is -2.64. The molecule has 0 saturated heterocycles. The highest BCUT2D eigenvalue weighted by Gasteiger charge is 2.25. The Bertz CT molecular complexity index is 1080. The Kier molecular flexibility index (Phi) is 6.43. The molecule has 8 heteroatoms. The molecule has 0 aliphatic heterocycles. The van der Waals surface area contributed by atoms with E-state index in [0.29, 0.717) is 36.7 Å². The summed E-state index contributed by atoms with van der Waals surface area (Å²) in [6.07, 6.45) is 6.49. The third kappa shape index (κ3) is 4.67. The van der Waals surface area contributed by atoms with Gasteiger partial charge in [-0.25, -0.2) is 9.18 Å². The molecule has 0 amide bonds. The van der Waals surface area contributed by atoms with E-state index in [1.807, 2.05) is 0 Å². The summed E-state index contributed by atoms with van der Waals surface area (Å²) < 4.78 is 22.5. The lowest BCUT2D eigenvalue weighted by molar-refractivity contribution is -0.143. The van der Waals surface area contributed by atoms with Crippen molar-refractivity contribution in [3.63, 3.8) is 0 Å². The van der Waals surface area contributed by atoms with Gasteiger partial charge < -0.3 is 10.1 Å². The van der Waals surface area contributed by atoms with E-state index in [0.717, 1.165) is 43.1 Å². The predicted octanol–water partition coefficient (Wildman–Crippen LogP) is 3.58. The molecular formula is C23H30FN3O4. The van der Waals surface area contributed by atoms with Gasteiger partial charge in [-0.3, -0.25) is 18.7 Å². The first-order chi connectivity index (χ1) is 15.0. The van der Waals surface area contributed by atoms with Gasteiger partial charge in [0.2, 0.25) is 0 Å². The molecule has 2 aliphatic rings. The van der Waals surface area contributed by atoms with Gasteiger partial charge in [-0.1, -0.05) is 12.8 Å². The summed E-state index contributed by atoms with van der Waals surface area (Å²) in [6, 6.07) is 2.87. The van der Waals surface area contributed by atoms with Crippen LogP contribution in [-0.4, -0.2) is 28.3 Å². The van der Waals surface area contributed by atoms with Gasteiger partial charge in [0, 0.05) is 25.6 Å². The van der Waals surface area contributed by atoms with Crippen LogP contribution < -0.4 is 16.6 Å². The first-order valence-electron chi connectivity index (χ1n) is 11.4. The van der Waals surface area contributed by atoms with Gasteiger partial charge in [-0.05, 0) is 57.1 Å². The van der Waals surface area contributed by atoms with Crippen molar-refractivity contribution in [3.8, 4) is 0 Å². The Morgan fingerprint density at radius 2 is 1.94 bits per heavy atom. The molecule has 2 saturated carbocycles. The highest BCUT2D eigenvalue weighted by Crippen LogP contribution is 2.33. The number of hydrogen-bond donors (Lipinski definition) is 1. The molecule has 2 fully saturated rings. The van der Waals surface area contributed by atoms with Gasteiger partial charge in [-0.2, -0.15) is 0 Å². The van der Waals surface area contributed by atoms with Gasteiger partial charge in [0.05, 0.1) is 23.2 Å². The molecule has 1 heterocycles. The molecule has 0 radical (unpaired) electrons. The molecular weight excluding hydrogens is 401 g/mol. The minimum Gasteiger partial charge on any atom is -0.466 e. The number of aromatic nitrogens is 2. The topological polar surface area (TPSA) is 82.3 Å². The van der Waals surface area contributed by atoms with E-state index in [-0.39, 0.29) is 36.1 Å². The number of fused-ring (bicyclic) bond motifs is 1. The number of carbonyl (C=O) groups excluding carboxylic acids is 1. The zero-order valence-corrected chi connectivity index (χ0v) is 18.0. The molecule has 0 unspecified atom stereocenters. The third-order valence-electron chi connectivity index (χ3n) is 6.29. The minimum atomic E-state index is -0.509. The number of hydrogen-bond acceptors (Lipinski definition) is 5. The van der Waals surface area contributed by atoms with Crippen LogP contribution in [0.3, 0.4) is 0 Å². The molecule has 1 N–H and O–H groups in total. The van der Waals surface area contributed by atoms with Gasteiger partial charge in [0.1, 0.15) is 5.82 Å². The van der Waals surface area contributed by atoms with Crippen LogP contribution in [0.2, 0.25) is 0 Å². The lowest BCUT2D eigenvalue weighted by Gasteiger charge is -2.20. The maximum atomic E-state index is 14.8. The van der Waals surface area contributed by atoms with E-state index < -0.39 is 11.4 Å². The van der Waals surface area contributed by atoms with Crippen LogP contribution in [-0.2, 0) is 16.1 Å². The second-order valence-electron chi connectivity index (χ2n) is 8.63. The maximum absolute atomic E-state index is 14.8. The number of nitrogens with one attached hydrogen (secondary N) is 1. The van der Waals surface area contributed by atoms with Crippen molar-refractivity contribution in [2.75, 3.05) is 18.5 Å². The summed E-state index contributed by atoms with van der Waals surface area (Å²) >= 11 is 0. The second kappa shape index (κ2) is 9.24. The third-order valence-corrected chi connectivity index (χ3v) is 6.29. The molecule has 1 aromatic heterocycles. The SMILES string of the molecule is CCOC(=O)CCCn1c(=O)c2cc(F)c(NCC3CC3)cc2n(C2CCCC2)c1=O. The van der Waals surface area contributed by atoms with Crippen LogP contribution in [0.25, 0.3) is 10.9 Å². The Morgan fingerprint density at radius 1 is 1.19 bits per heavy atom. The van der Waals surface area contributed by atoms with Crippen molar-refractivity contribution in [2.45, 2.75) is 70.9 Å². The monoisotopic (exact) mass is 431 g/mol. The Balaban J connectivity index is 1.74. The average molecular weight is 432 g/mol. The van der Waals surface area contributed by atoms with Crippen molar-refractivity contribution in [1.82, 2.24) is 9.13 Å². The standard InChI is InChI=1S/C23H30FN3O4/c1-2-31-21(28)8-5-11-26-22(29)17-12-18(24)19(25-14-15-9-10-15)13-20(17)27(23(26)30)16-6-3-4-7-16/h12-13,15-16,25H,2-11,14H2,1H3. The summed E-state index contributed by atoms with van der Waals surface area (Å²) in [4.78, 5) is 38.1. The van der Waals surface area contributed by atoms with Crippen molar-refractivity contribution in [1.29, 1.82) is 0 Å². The molecule has 0 atom stereocenters. The van der Waals surface area contributed by atoms with E-state index in [9.17, 15) is 18.8 Å². The van der Waals surface area contributed by atoms with E-state index in [2.05, 4.69) is 5.32 Å². The zero-order valence-electron chi connectivity index (χ0n) is 18.0. The molecule has 2 aliphatic carbocycles. The summed E-state index contributed by atoms with van der Waals surface area (Å²) in [5.74, 6) is -0.274. The Morgan fingerprint density at radius 3 is 2.61 bits per heavy atom. The fraction of sp³-hybridized carbons (Fsp3) is 0.609. The highest BCUT2D eigenvalue weighted by atomic mass is 19.1. The van der Waals surface area contributed by atoms with Crippen molar-refractivity contribution < 1.29 is 13.9 Å². The first kappa shape index (κ1) is 21.6. The predicted molar refractivity (Wildman–Crippen MR) is 117 cm³/mol. The lowest BCUT2D eigenvalue weighted by Crippen LogP contribution is -2.41. The molecule has 0 spiro atoms. The highest BCUT2D eigenvalue weighted by molar-refractivity contribution is 5.82. The normalized spacial score (nSPS) is 16.7. The van der Waals surface area contributed by atoms with Crippen LogP contribution in [0.4, 0.5) is 10.1 Å². The fourth-order valence-electron chi connectivity index (χ4n) is 4.44. The van der Waals surface area contributed by atoms with E-state index in [4.69, 9.17) is 4.74 Å². The molecule has 168 valence electrons. The van der Waals surface area contributed by atoms with Crippen molar-refractivity contribution >= 4 is 22.6 Å². The smallest absolute Gasteiger partial charge is 0.331 e. The zero-order chi connectivity index (χ0) is 22.0. The number of halogens is 1. The summed E-state index contributed by atoms with van der Waals surface area (Å²) in [7, 11) is 0. The molecule has 4 rings (SSSR count). The van der Waals surface area contributed by atoms with Crippen LogP contribution in [0.15, 0.2) is 21.7 Å². The van der Waals surface area contributed by atoms with Crippen LogP contribution >= 0.6 is 0 Å². The number of benzene rings is 1. The number of ether oxygens (including phenoxy) is 1. The fourth-order valence-corrected chi connectivity index (χ4v) is 4.44. The second-order valence-corrected chi connectivity index (χ2v) is 8.63. The largest absolute Gasteiger partial charge is 0.466 e. The summed E-state index contributed by atoms with van der Waals surface area (Å²) in [5, 5.41) is 3.35. The van der Waals surface area contributed by atoms with Gasteiger partial charge in [0.15, 0.2) is 0 Å². The van der Waals surface area contributed by atoms with Gasteiger partial charge in [0.25, 0.3) is 5.56 Å². The van der Waals surface area contributed by atoms with E-state index >= 15 is 0 Å². The molecule has 31 heavy (non-hydrogen) atoms. The van der Waals surface area contributed by atoms with Crippen molar-refractivity contribution in [2.24, 2.45) is 5.92 Å². The average Bonchev–Trinajstić information content (AvgIpc) is 3.42. The number of carbonyl (C=O) groups is 1. The molecule has 1 aromatic carbocycles. The van der Waals surface area contributed by atoms with Gasteiger partial charge in [-0.15, -0.1) is 0 Å². The number of rotatable bonds is 9. The maximum Gasteiger partial charge on any atom is 0.331 e. The summed E-state index contributed by atoms with van der Waals surface area (Å²) in [6.45, 7) is 2.82. The first-order valence-corrected chi connectivity index (χ1v) is 11.4. The number of esters is 1. The van der Waals surface area contributed by atoms with Gasteiger partial charge >= 0.3 is 11.7 Å². The van der Waals surface area contributed by atoms with Crippen LogP contribution in [0, 0.1) is 11.7 Å². The quantitative estimate of drug-likeness (QED) is 0.614. The van der Waals surface area contributed by atoms with Crippen LogP contribution in [0.5, 0.6) is 0 Å². The lowest BCUT2D eigenvalue weighted by atomic mass is 10.1. The van der Waals surface area contributed by atoms with Crippen molar-refractivity contribution in [3.05, 3.63) is 38.8 Å². The summed E-state index contributed by atoms with van der Waals surface area (Å²) in [5.41, 5.74) is -0.0630. The molecule has 7 nitrogen and oxygen atoms in total. The van der Waals surface area contributed by atoms with E-state index in [1.165, 1.54) is 6.07 Å². The van der Waals surface area contributed by atoms with Crippen LogP contribution in [0.1, 0.15) is 64.3 Å². The molecule has 0 bridgehead atoms. The number of anilines is 1. The molecule has 2 aromatic rings. The Labute approximate surface area is 180 Å². The minimum absolute atomic E-state index is 0.00588. The number of nitrogens with zero attached hydrogens (tertiary/aromatic N) is 2.